The Morgan fingerprint density at radius 3 is 1.72 bits per heavy atom. The molecule has 46 heavy (non-hydrogen) atoms. The monoisotopic (exact) mass is 642 g/mol. The summed E-state index contributed by atoms with van der Waals surface area (Å²) in [4.78, 5) is 0. The van der Waals surface area contributed by atoms with Crippen LogP contribution in [0.5, 0.6) is 5.75 Å². The van der Waals surface area contributed by atoms with Crippen LogP contribution in [0.2, 0.25) is 0 Å². The van der Waals surface area contributed by atoms with Gasteiger partial charge in [-0.2, -0.15) is 0 Å². The van der Waals surface area contributed by atoms with Crippen molar-refractivity contribution in [1.29, 1.82) is 0 Å². The summed E-state index contributed by atoms with van der Waals surface area (Å²) in [7, 11) is 0. The van der Waals surface area contributed by atoms with Gasteiger partial charge in [-0.25, -0.2) is 0 Å². The average Bonchev–Trinajstić information content (AvgIpc) is 3.89. The van der Waals surface area contributed by atoms with Crippen LogP contribution >= 0.6 is 0 Å². The molecular formula is C39H62O7. The minimum absolute atomic E-state index is 0.343. The largest absolute Gasteiger partial charge is 0.491 e. The van der Waals surface area contributed by atoms with E-state index in [0.717, 1.165) is 51.3 Å². The lowest BCUT2D eigenvalue weighted by Gasteiger charge is -2.13. The van der Waals surface area contributed by atoms with E-state index < -0.39 is 0 Å². The van der Waals surface area contributed by atoms with Gasteiger partial charge in [0.05, 0.1) is 51.8 Å². The Morgan fingerprint density at radius 1 is 0.696 bits per heavy atom. The van der Waals surface area contributed by atoms with Gasteiger partial charge in [0.2, 0.25) is 0 Å². The number of epoxide rings is 4. The number of benzene rings is 2. The van der Waals surface area contributed by atoms with Gasteiger partial charge in [-0.05, 0) is 42.9 Å². The topological polar surface area (TPSA) is 77.8 Å². The number of hydrogen-bond acceptors (Lipinski definition) is 7. The Kier molecular flexibility index (Phi) is 20.2. The highest BCUT2D eigenvalue weighted by Gasteiger charge is 2.39. The lowest BCUT2D eigenvalue weighted by molar-refractivity contribution is 0.0813. The van der Waals surface area contributed by atoms with E-state index in [4.69, 9.17) is 33.2 Å². The Bertz CT molecular complexity index is 953. The van der Waals surface area contributed by atoms with Crippen molar-refractivity contribution >= 4 is 0 Å². The lowest BCUT2D eigenvalue weighted by atomic mass is 10.0. The smallest absolute Gasteiger partial charge is 0.119 e. The number of unbranched alkanes of at least 4 members (excludes halogenated alkanes) is 1. The van der Waals surface area contributed by atoms with E-state index in [2.05, 4.69) is 39.8 Å². The quantitative estimate of drug-likeness (QED) is 0.181. The molecule has 7 nitrogen and oxygen atoms in total. The first-order valence-corrected chi connectivity index (χ1v) is 18.0. The van der Waals surface area contributed by atoms with Crippen molar-refractivity contribution in [3.05, 3.63) is 66.2 Å². The van der Waals surface area contributed by atoms with Crippen LogP contribution < -0.4 is 4.74 Å². The molecule has 7 rings (SSSR count). The minimum Gasteiger partial charge on any atom is -0.491 e. The molecule has 7 heteroatoms. The highest BCUT2D eigenvalue weighted by molar-refractivity contribution is 5.21. The second-order valence-electron chi connectivity index (χ2n) is 12.6. The van der Waals surface area contributed by atoms with Crippen LogP contribution in [0.3, 0.4) is 0 Å². The maximum atomic E-state index is 5.58. The predicted molar refractivity (Wildman–Crippen MR) is 184 cm³/mol. The SMILES string of the molecule is C1CCC2OC2C1.CCC.CCCCC(CC)COCC1CO1.c1ccc(COCC2CO2)cc1.c1ccc(OCC2CO2)cc1. The summed E-state index contributed by atoms with van der Waals surface area (Å²) in [5.41, 5.74) is 1.22. The van der Waals surface area contributed by atoms with E-state index >= 15 is 0 Å². The number of hydrogen-bond donors (Lipinski definition) is 0. The molecule has 6 atom stereocenters. The number of fused-ring (bicyclic) bond motifs is 1. The fourth-order valence-corrected chi connectivity index (χ4v) is 4.72. The molecule has 0 spiro atoms. The van der Waals surface area contributed by atoms with Crippen molar-refractivity contribution in [2.45, 2.75) is 123 Å². The molecule has 0 bridgehead atoms. The van der Waals surface area contributed by atoms with E-state index in [1.54, 1.807) is 0 Å². The maximum absolute atomic E-state index is 5.58. The van der Waals surface area contributed by atoms with Gasteiger partial charge in [-0.1, -0.05) is 115 Å². The summed E-state index contributed by atoms with van der Waals surface area (Å²) < 4.78 is 36.8. The zero-order chi connectivity index (χ0) is 32.7. The highest BCUT2D eigenvalue weighted by Crippen LogP contribution is 2.35. The Morgan fingerprint density at radius 2 is 1.22 bits per heavy atom. The number of rotatable bonds is 15. The van der Waals surface area contributed by atoms with Gasteiger partial charge in [0.1, 0.15) is 30.7 Å². The van der Waals surface area contributed by atoms with E-state index in [1.807, 2.05) is 48.5 Å². The van der Waals surface area contributed by atoms with Crippen LogP contribution in [0.25, 0.3) is 0 Å². The molecule has 260 valence electrons. The first-order chi connectivity index (χ1) is 22.6. The average molecular weight is 643 g/mol. The van der Waals surface area contributed by atoms with Crippen LogP contribution in [0, 0.1) is 5.92 Å². The molecule has 5 aliphatic rings. The third-order valence-corrected chi connectivity index (χ3v) is 7.92. The lowest BCUT2D eigenvalue weighted by Crippen LogP contribution is -2.11. The molecule has 4 heterocycles. The van der Waals surface area contributed by atoms with E-state index in [9.17, 15) is 0 Å². The third-order valence-electron chi connectivity index (χ3n) is 7.92. The second-order valence-corrected chi connectivity index (χ2v) is 12.6. The Balaban J connectivity index is 0.000000164. The third kappa shape index (κ3) is 20.3. The minimum atomic E-state index is 0.343. The highest BCUT2D eigenvalue weighted by atomic mass is 16.6. The summed E-state index contributed by atoms with van der Waals surface area (Å²) in [5, 5.41) is 0. The van der Waals surface area contributed by atoms with Gasteiger partial charge < -0.3 is 33.2 Å². The predicted octanol–water partition coefficient (Wildman–Crippen LogP) is 8.43. The summed E-state index contributed by atoms with van der Waals surface area (Å²) in [6.45, 7) is 15.2. The summed E-state index contributed by atoms with van der Waals surface area (Å²) in [5.74, 6) is 1.68. The van der Waals surface area contributed by atoms with E-state index in [-0.39, 0.29) is 0 Å². The first kappa shape index (κ1) is 38.4. The van der Waals surface area contributed by atoms with Crippen LogP contribution in [-0.2, 0) is 35.0 Å². The molecule has 0 radical (unpaired) electrons. The van der Waals surface area contributed by atoms with Crippen molar-refractivity contribution < 1.29 is 33.2 Å². The normalized spacial score (nSPS) is 24.7. The molecule has 4 saturated heterocycles. The molecule has 6 unspecified atom stereocenters. The molecule has 5 fully saturated rings. The maximum Gasteiger partial charge on any atom is 0.119 e. The van der Waals surface area contributed by atoms with Crippen molar-refractivity contribution in [3.63, 3.8) is 0 Å². The fourth-order valence-electron chi connectivity index (χ4n) is 4.72. The summed E-state index contributed by atoms with van der Waals surface area (Å²) in [6.07, 6.45) is 14.5. The van der Waals surface area contributed by atoms with Gasteiger partial charge in [0, 0.05) is 6.61 Å². The van der Waals surface area contributed by atoms with Crippen LogP contribution in [-0.4, -0.2) is 76.8 Å². The Hall–Kier alpha value is -2.00. The molecule has 0 amide bonds. The number of ether oxygens (including phenoxy) is 7. The molecular weight excluding hydrogens is 580 g/mol. The summed E-state index contributed by atoms with van der Waals surface area (Å²) >= 11 is 0. The van der Waals surface area contributed by atoms with Gasteiger partial charge >= 0.3 is 0 Å². The molecule has 1 saturated carbocycles. The molecule has 1 aliphatic carbocycles. The van der Waals surface area contributed by atoms with E-state index in [0.29, 0.717) is 43.7 Å². The number of para-hydroxylation sites is 1. The van der Waals surface area contributed by atoms with Crippen LogP contribution in [0.4, 0.5) is 0 Å². The zero-order valence-corrected chi connectivity index (χ0v) is 29.1. The molecule has 2 aromatic rings. The van der Waals surface area contributed by atoms with Crippen LogP contribution in [0.1, 0.15) is 91.0 Å². The van der Waals surface area contributed by atoms with Crippen molar-refractivity contribution in [1.82, 2.24) is 0 Å². The molecule has 0 N–H and O–H groups in total. The van der Waals surface area contributed by atoms with Crippen molar-refractivity contribution in [2.24, 2.45) is 5.92 Å². The fraction of sp³-hybridized carbons (Fsp3) is 0.692. The Labute approximate surface area is 279 Å². The molecule has 2 aromatic carbocycles. The molecule has 0 aromatic heterocycles. The van der Waals surface area contributed by atoms with E-state index in [1.165, 1.54) is 63.4 Å². The van der Waals surface area contributed by atoms with Gasteiger partial charge in [0.15, 0.2) is 0 Å². The van der Waals surface area contributed by atoms with Crippen molar-refractivity contribution in [3.8, 4) is 5.75 Å². The van der Waals surface area contributed by atoms with Crippen molar-refractivity contribution in [2.75, 3.05) is 46.2 Å². The van der Waals surface area contributed by atoms with Crippen LogP contribution in [0.15, 0.2) is 60.7 Å². The standard InChI is InChI=1S/C11H22O2.C10H12O2.C9H10O2.C6H10O.C3H8/c1-3-5-6-10(4-2)7-12-8-11-9-13-11;1-2-4-9(5-3-1)6-11-7-10-8-12-10;1-2-4-8(5-3-1)10-6-9-7-11-9;1-2-4-6-5(3-1)7-6;1-3-2/h10-11H,3-9H2,1-2H3;1-5,10H,6-8H2;1-5,9H,6-7H2;5-6H,1-4H2;3H2,1-2H3. The molecule has 4 aliphatic heterocycles. The zero-order valence-electron chi connectivity index (χ0n) is 29.1. The first-order valence-electron chi connectivity index (χ1n) is 18.0. The summed E-state index contributed by atoms with van der Waals surface area (Å²) in [6, 6.07) is 20.0. The van der Waals surface area contributed by atoms with Gasteiger partial charge in [0.25, 0.3) is 0 Å². The van der Waals surface area contributed by atoms with Gasteiger partial charge in [-0.15, -0.1) is 0 Å². The second kappa shape index (κ2) is 24.2. The van der Waals surface area contributed by atoms with Gasteiger partial charge in [-0.3, -0.25) is 0 Å².